The zero-order valence-corrected chi connectivity index (χ0v) is 19.1. The summed E-state index contributed by atoms with van der Waals surface area (Å²) in [7, 11) is -3.81. The number of halogens is 1. The van der Waals surface area contributed by atoms with Gasteiger partial charge in [-0.1, -0.05) is 61.5 Å². The Balaban J connectivity index is 2.01. The van der Waals surface area contributed by atoms with E-state index in [0.29, 0.717) is 0 Å². The van der Waals surface area contributed by atoms with Crippen molar-refractivity contribution in [2.45, 2.75) is 32.4 Å². The van der Waals surface area contributed by atoms with Crippen molar-refractivity contribution in [3.05, 3.63) is 101 Å². The van der Waals surface area contributed by atoms with Gasteiger partial charge in [0.2, 0.25) is 15.9 Å². The average Bonchev–Trinajstić information content (AvgIpc) is 2.77. The molecule has 0 heterocycles. The monoisotopic (exact) mass is 454 g/mol. The van der Waals surface area contributed by atoms with Crippen LogP contribution in [-0.2, 0) is 14.8 Å². The van der Waals surface area contributed by atoms with E-state index < -0.39 is 33.8 Å². The van der Waals surface area contributed by atoms with Crippen LogP contribution in [0.2, 0.25) is 0 Å². The van der Waals surface area contributed by atoms with Gasteiger partial charge in [0.1, 0.15) is 11.9 Å². The van der Waals surface area contributed by atoms with Gasteiger partial charge in [0.05, 0.1) is 18.0 Å². The van der Waals surface area contributed by atoms with Crippen LogP contribution in [-0.4, -0.2) is 26.6 Å². The fraction of sp³-hybridized carbons (Fsp3) is 0.240. The van der Waals surface area contributed by atoms with Gasteiger partial charge in [-0.2, -0.15) is 0 Å². The zero-order chi connectivity index (χ0) is 23.3. The van der Waals surface area contributed by atoms with Crippen molar-refractivity contribution in [2.75, 3.05) is 10.6 Å². The van der Waals surface area contributed by atoms with E-state index in [9.17, 15) is 17.6 Å². The number of anilines is 1. The maximum atomic E-state index is 13.5. The van der Waals surface area contributed by atoms with E-state index in [1.807, 2.05) is 61.5 Å². The number of nitrogens with one attached hydrogen (secondary N) is 1. The fourth-order valence-electron chi connectivity index (χ4n) is 3.78. The van der Waals surface area contributed by atoms with Crippen LogP contribution in [0.5, 0.6) is 0 Å². The molecule has 0 fully saturated rings. The Labute approximate surface area is 188 Å². The number of carbonyl (C=O) groups is 1. The molecular weight excluding hydrogens is 427 g/mol. The van der Waals surface area contributed by atoms with E-state index in [1.54, 1.807) is 6.92 Å². The molecule has 1 N–H and O–H groups in total. The highest BCUT2D eigenvalue weighted by atomic mass is 32.2. The van der Waals surface area contributed by atoms with Crippen molar-refractivity contribution in [3.8, 4) is 0 Å². The summed E-state index contributed by atoms with van der Waals surface area (Å²) < 4.78 is 39.8. The van der Waals surface area contributed by atoms with E-state index in [2.05, 4.69) is 5.32 Å². The maximum absolute atomic E-state index is 13.5. The lowest BCUT2D eigenvalue weighted by atomic mass is 9.94. The highest BCUT2D eigenvalue weighted by Gasteiger charge is 2.33. The van der Waals surface area contributed by atoms with E-state index in [0.717, 1.165) is 27.3 Å². The minimum Gasteiger partial charge on any atom is -0.343 e. The quantitative estimate of drug-likeness (QED) is 0.542. The van der Waals surface area contributed by atoms with Gasteiger partial charge in [-0.3, -0.25) is 9.10 Å². The molecule has 0 spiro atoms. The number of benzene rings is 3. The SMILES string of the molecule is CC[C@H](C(=O)N[C@H](c1ccccc1)c1ccccc1C)N(c1ccc(F)cc1)S(C)(=O)=O. The molecule has 0 bridgehead atoms. The maximum Gasteiger partial charge on any atom is 0.244 e. The summed E-state index contributed by atoms with van der Waals surface area (Å²) in [4.78, 5) is 13.5. The highest BCUT2D eigenvalue weighted by Crippen LogP contribution is 2.27. The Hall–Kier alpha value is -3.19. The molecule has 3 aromatic carbocycles. The summed E-state index contributed by atoms with van der Waals surface area (Å²) in [5.74, 6) is -0.914. The molecule has 0 saturated heterocycles. The topological polar surface area (TPSA) is 66.5 Å². The summed E-state index contributed by atoms with van der Waals surface area (Å²) in [6.07, 6.45) is 1.29. The Morgan fingerprint density at radius 2 is 1.56 bits per heavy atom. The van der Waals surface area contributed by atoms with E-state index in [4.69, 9.17) is 0 Å². The molecule has 2 atom stereocenters. The molecule has 3 aromatic rings. The van der Waals surface area contributed by atoms with Crippen molar-refractivity contribution in [3.63, 3.8) is 0 Å². The molecule has 3 rings (SSSR count). The second kappa shape index (κ2) is 9.96. The van der Waals surface area contributed by atoms with Crippen molar-refractivity contribution in [1.29, 1.82) is 0 Å². The first-order valence-electron chi connectivity index (χ1n) is 10.4. The van der Waals surface area contributed by atoms with Gasteiger partial charge >= 0.3 is 0 Å². The van der Waals surface area contributed by atoms with E-state index in [1.165, 1.54) is 24.3 Å². The van der Waals surface area contributed by atoms with Crippen LogP contribution in [0.4, 0.5) is 10.1 Å². The lowest BCUT2D eigenvalue weighted by Crippen LogP contribution is -2.50. The predicted molar refractivity (Wildman–Crippen MR) is 125 cm³/mol. The summed E-state index contributed by atoms with van der Waals surface area (Å²) in [6, 6.07) is 20.9. The van der Waals surface area contributed by atoms with Crippen molar-refractivity contribution < 1.29 is 17.6 Å². The first kappa shape index (κ1) is 23.5. The molecule has 1 amide bonds. The number of sulfonamides is 1. The smallest absolute Gasteiger partial charge is 0.244 e. The van der Waals surface area contributed by atoms with Crippen LogP contribution in [0.3, 0.4) is 0 Å². The summed E-state index contributed by atoms with van der Waals surface area (Å²) in [6.45, 7) is 3.72. The lowest BCUT2D eigenvalue weighted by molar-refractivity contribution is -0.122. The molecule has 32 heavy (non-hydrogen) atoms. The number of nitrogens with zero attached hydrogens (tertiary/aromatic N) is 1. The van der Waals surface area contributed by atoms with Crippen LogP contribution >= 0.6 is 0 Å². The van der Waals surface area contributed by atoms with Gasteiger partial charge in [0.15, 0.2) is 0 Å². The Morgan fingerprint density at radius 1 is 0.969 bits per heavy atom. The highest BCUT2D eigenvalue weighted by molar-refractivity contribution is 7.92. The van der Waals surface area contributed by atoms with Crippen molar-refractivity contribution >= 4 is 21.6 Å². The molecule has 0 aliphatic heterocycles. The summed E-state index contributed by atoms with van der Waals surface area (Å²) in [5.41, 5.74) is 3.06. The molecule has 0 aliphatic carbocycles. The summed E-state index contributed by atoms with van der Waals surface area (Å²) >= 11 is 0. The van der Waals surface area contributed by atoms with Crippen LogP contribution in [0.15, 0.2) is 78.9 Å². The molecule has 7 heteroatoms. The molecule has 0 unspecified atom stereocenters. The number of amides is 1. The molecule has 0 radical (unpaired) electrons. The third-order valence-corrected chi connectivity index (χ3v) is 6.51. The standard InChI is InChI=1S/C25H27FN2O3S/c1-4-23(28(32(3,30)31)21-16-14-20(26)15-17-21)25(29)27-24(19-11-6-5-7-12-19)22-13-9-8-10-18(22)2/h5-17,23-24H,4H2,1-3H3,(H,27,29)/t23-,24-/m1/s1. The molecule has 0 saturated carbocycles. The third kappa shape index (κ3) is 5.34. The van der Waals surface area contributed by atoms with Crippen LogP contribution in [0, 0.1) is 12.7 Å². The van der Waals surface area contributed by atoms with E-state index >= 15 is 0 Å². The van der Waals surface area contributed by atoms with Gasteiger partial charge < -0.3 is 5.32 Å². The molecule has 0 aromatic heterocycles. The number of aryl methyl sites for hydroxylation is 1. The predicted octanol–water partition coefficient (Wildman–Crippen LogP) is 4.58. The van der Waals surface area contributed by atoms with Gasteiger partial charge in [-0.05, 0) is 54.3 Å². The largest absolute Gasteiger partial charge is 0.343 e. The van der Waals surface area contributed by atoms with Crippen LogP contribution in [0.25, 0.3) is 0 Å². The number of carbonyl (C=O) groups excluding carboxylic acids is 1. The van der Waals surface area contributed by atoms with Crippen LogP contribution in [0.1, 0.15) is 36.1 Å². The van der Waals surface area contributed by atoms with Crippen molar-refractivity contribution in [1.82, 2.24) is 5.32 Å². The minimum absolute atomic E-state index is 0.239. The van der Waals surface area contributed by atoms with Gasteiger partial charge in [-0.15, -0.1) is 0 Å². The minimum atomic E-state index is -3.81. The van der Waals surface area contributed by atoms with Gasteiger partial charge in [0, 0.05) is 0 Å². The average molecular weight is 455 g/mol. The lowest BCUT2D eigenvalue weighted by Gasteiger charge is -2.32. The van der Waals surface area contributed by atoms with Gasteiger partial charge in [-0.25, -0.2) is 12.8 Å². The molecule has 168 valence electrons. The van der Waals surface area contributed by atoms with Crippen molar-refractivity contribution in [2.24, 2.45) is 0 Å². The number of rotatable bonds is 8. The Kier molecular flexibility index (Phi) is 7.30. The molecule has 5 nitrogen and oxygen atoms in total. The number of hydrogen-bond donors (Lipinski definition) is 1. The second-order valence-electron chi connectivity index (χ2n) is 7.67. The second-order valence-corrected chi connectivity index (χ2v) is 9.53. The van der Waals surface area contributed by atoms with E-state index in [-0.39, 0.29) is 12.1 Å². The van der Waals surface area contributed by atoms with Gasteiger partial charge in [0.25, 0.3) is 0 Å². The first-order valence-corrected chi connectivity index (χ1v) is 12.2. The fourth-order valence-corrected chi connectivity index (χ4v) is 5.00. The summed E-state index contributed by atoms with van der Waals surface area (Å²) in [5, 5.41) is 3.06. The molecular formula is C25H27FN2O3S. The van der Waals surface area contributed by atoms with Crippen LogP contribution < -0.4 is 9.62 Å². The zero-order valence-electron chi connectivity index (χ0n) is 18.3. The molecule has 0 aliphatic rings. The number of hydrogen-bond acceptors (Lipinski definition) is 3. The normalized spacial score (nSPS) is 13.2. The third-order valence-electron chi connectivity index (χ3n) is 5.33. The Bertz CT molecular complexity index is 1170. The first-order chi connectivity index (χ1) is 15.2. The Morgan fingerprint density at radius 3 is 2.12 bits per heavy atom.